The quantitative estimate of drug-likeness (QED) is 0.889. The van der Waals surface area contributed by atoms with Crippen LogP contribution in [0.25, 0.3) is 0 Å². The van der Waals surface area contributed by atoms with Crippen LogP contribution in [-0.4, -0.2) is 31.2 Å². The van der Waals surface area contributed by atoms with Crippen molar-refractivity contribution in [1.82, 2.24) is 9.97 Å². The number of hydrogen-bond donors (Lipinski definition) is 1. The van der Waals surface area contributed by atoms with Crippen molar-refractivity contribution in [3.63, 3.8) is 0 Å². The van der Waals surface area contributed by atoms with Gasteiger partial charge in [0.1, 0.15) is 18.2 Å². The maximum atomic E-state index is 5.90. The molecule has 1 aromatic carbocycles. The molecule has 1 N–H and O–H groups in total. The summed E-state index contributed by atoms with van der Waals surface area (Å²) in [6, 6.07) is 9.71. The van der Waals surface area contributed by atoms with Gasteiger partial charge in [-0.25, -0.2) is 9.97 Å². The lowest BCUT2D eigenvalue weighted by Gasteiger charge is -2.19. The maximum Gasteiger partial charge on any atom is 0.158 e. The molecule has 0 fully saturated rings. The van der Waals surface area contributed by atoms with Crippen LogP contribution >= 0.6 is 11.6 Å². The lowest BCUT2D eigenvalue weighted by molar-refractivity contribution is 0.178. The molecule has 0 atom stereocenters. The molecular formula is C15H19ClN4O. The second kappa shape index (κ2) is 7.24. The van der Waals surface area contributed by atoms with Gasteiger partial charge in [0.25, 0.3) is 0 Å². The third-order valence-corrected chi connectivity index (χ3v) is 3.26. The average molecular weight is 307 g/mol. The molecule has 0 aliphatic heterocycles. The molecule has 0 aliphatic carbocycles. The van der Waals surface area contributed by atoms with Gasteiger partial charge in [-0.3, -0.25) is 0 Å². The fourth-order valence-electron chi connectivity index (χ4n) is 1.95. The van der Waals surface area contributed by atoms with Gasteiger partial charge in [-0.05, 0) is 17.7 Å². The van der Waals surface area contributed by atoms with Gasteiger partial charge in [0.15, 0.2) is 5.82 Å². The molecule has 2 rings (SSSR count). The van der Waals surface area contributed by atoms with Crippen molar-refractivity contribution >= 4 is 23.2 Å². The van der Waals surface area contributed by atoms with Crippen LogP contribution in [0.2, 0.25) is 5.02 Å². The Hall–Kier alpha value is -1.85. The van der Waals surface area contributed by atoms with E-state index in [0.717, 1.165) is 23.2 Å². The topological polar surface area (TPSA) is 50.3 Å². The van der Waals surface area contributed by atoms with Crippen molar-refractivity contribution in [3.8, 4) is 0 Å². The Balaban J connectivity index is 2.19. The Morgan fingerprint density at radius 2 is 1.95 bits per heavy atom. The molecule has 0 saturated heterocycles. The number of methoxy groups -OCH3 is 1. The smallest absolute Gasteiger partial charge is 0.158 e. The molecule has 6 heteroatoms. The Morgan fingerprint density at radius 3 is 2.57 bits per heavy atom. The second-order valence-electron chi connectivity index (χ2n) is 4.69. The van der Waals surface area contributed by atoms with E-state index in [1.54, 1.807) is 7.11 Å². The van der Waals surface area contributed by atoms with Gasteiger partial charge in [0.2, 0.25) is 0 Å². The fraction of sp³-hybridized carbons (Fsp3) is 0.333. The van der Waals surface area contributed by atoms with Crippen LogP contribution in [0.3, 0.4) is 0 Å². The zero-order chi connectivity index (χ0) is 15.2. The fourth-order valence-corrected chi connectivity index (χ4v) is 2.07. The van der Waals surface area contributed by atoms with Crippen molar-refractivity contribution in [2.45, 2.75) is 13.2 Å². The van der Waals surface area contributed by atoms with Crippen molar-refractivity contribution in [2.24, 2.45) is 0 Å². The predicted molar refractivity (Wildman–Crippen MR) is 85.9 cm³/mol. The molecule has 0 aliphatic rings. The molecule has 21 heavy (non-hydrogen) atoms. The van der Waals surface area contributed by atoms with Gasteiger partial charge < -0.3 is 15.0 Å². The van der Waals surface area contributed by atoms with Gasteiger partial charge in [0, 0.05) is 38.8 Å². The number of halogens is 1. The average Bonchev–Trinajstić information content (AvgIpc) is 2.49. The first kappa shape index (κ1) is 15.5. The van der Waals surface area contributed by atoms with Crippen LogP contribution in [0.5, 0.6) is 0 Å². The van der Waals surface area contributed by atoms with Gasteiger partial charge in [-0.15, -0.1) is 0 Å². The normalized spacial score (nSPS) is 10.5. The highest BCUT2D eigenvalue weighted by Crippen LogP contribution is 2.18. The largest absolute Gasteiger partial charge is 0.377 e. The molecule has 0 radical (unpaired) electrons. The van der Waals surface area contributed by atoms with Crippen LogP contribution in [-0.2, 0) is 17.9 Å². The lowest BCUT2D eigenvalue weighted by atomic mass is 10.2. The zero-order valence-corrected chi connectivity index (χ0v) is 13.2. The van der Waals surface area contributed by atoms with Crippen LogP contribution in [0.1, 0.15) is 11.4 Å². The monoisotopic (exact) mass is 306 g/mol. The highest BCUT2D eigenvalue weighted by atomic mass is 35.5. The Labute approximate surface area is 129 Å². The van der Waals surface area contributed by atoms with Crippen molar-refractivity contribution in [3.05, 3.63) is 46.7 Å². The summed E-state index contributed by atoms with van der Waals surface area (Å²) in [7, 11) is 5.46. The summed E-state index contributed by atoms with van der Waals surface area (Å²) in [5, 5.41) is 3.78. The predicted octanol–water partition coefficient (Wildman–Crippen LogP) is 2.95. The minimum atomic E-state index is 0.386. The van der Waals surface area contributed by atoms with Crippen LogP contribution in [0.15, 0.2) is 30.3 Å². The van der Waals surface area contributed by atoms with Crippen molar-refractivity contribution in [2.75, 3.05) is 31.4 Å². The van der Waals surface area contributed by atoms with E-state index < -0.39 is 0 Å². The summed E-state index contributed by atoms with van der Waals surface area (Å²) >= 11 is 5.90. The standard InChI is InChI=1S/C15H19ClN4O/c1-17-13-8-15(19-14(18-13)10-21-3)20(2)9-11-4-6-12(16)7-5-11/h4-8H,9-10H2,1-3H3,(H,17,18,19). The summed E-state index contributed by atoms with van der Waals surface area (Å²) in [6.07, 6.45) is 0. The van der Waals surface area contributed by atoms with Crippen LogP contribution < -0.4 is 10.2 Å². The van der Waals surface area contributed by atoms with E-state index in [4.69, 9.17) is 16.3 Å². The third-order valence-electron chi connectivity index (χ3n) is 3.01. The number of hydrogen-bond acceptors (Lipinski definition) is 5. The summed E-state index contributed by atoms with van der Waals surface area (Å²) in [5.74, 6) is 2.27. The number of nitrogens with zero attached hydrogens (tertiary/aromatic N) is 3. The zero-order valence-electron chi connectivity index (χ0n) is 12.4. The number of rotatable bonds is 6. The summed E-state index contributed by atoms with van der Waals surface area (Å²) in [6.45, 7) is 1.13. The minimum absolute atomic E-state index is 0.386. The molecule has 0 unspecified atom stereocenters. The maximum absolute atomic E-state index is 5.90. The van der Waals surface area contributed by atoms with E-state index in [-0.39, 0.29) is 0 Å². The molecule has 5 nitrogen and oxygen atoms in total. The molecule has 112 valence electrons. The van der Waals surface area contributed by atoms with Gasteiger partial charge in [0.05, 0.1) is 0 Å². The molecule has 2 aromatic rings. The van der Waals surface area contributed by atoms with Crippen LogP contribution in [0.4, 0.5) is 11.6 Å². The first-order valence-corrected chi connectivity index (χ1v) is 7.00. The first-order chi connectivity index (χ1) is 10.1. The first-order valence-electron chi connectivity index (χ1n) is 6.62. The lowest BCUT2D eigenvalue weighted by Crippen LogP contribution is -2.19. The third kappa shape index (κ3) is 4.31. The van der Waals surface area contributed by atoms with Gasteiger partial charge in [-0.2, -0.15) is 0 Å². The van der Waals surface area contributed by atoms with E-state index in [1.165, 1.54) is 5.56 Å². The number of ether oxygens (including phenoxy) is 1. The van der Waals surface area contributed by atoms with Crippen molar-refractivity contribution < 1.29 is 4.74 Å². The highest BCUT2D eigenvalue weighted by Gasteiger charge is 2.08. The van der Waals surface area contributed by atoms with E-state index in [9.17, 15) is 0 Å². The molecular weight excluding hydrogens is 288 g/mol. The van der Waals surface area contributed by atoms with E-state index in [2.05, 4.69) is 20.2 Å². The van der Waals surface area contributed by atoms with Crippen molar-refractivity contribution in [1.29, 1.82) is 0 Å². The van der Waals surface area contributed by atoms with E-state index >= 15 is 0 Å². The Bertz CT molecular complexity index is 589. The molecule has 0 spiro atoms. The van der Waals surface area contributed by atoms with Gasteiger partial charge in [-0.1, -0.05) is 23.7 Å². The number of benzene rings is 1. The number of aromatic nitrogens is 2. The van der Waals surface area contributed by atoms with Crippen LogP contribution in [0, 0.1) is 0 Å². The summed E-state index contributed by atoms with van der Waals surface area (Å²) < 4.78 is 5.11. The summed E-state index contributed by atoms with van der Waals surface area (Å²) in [4.78, 5) is 10.9. The van der Waals surface area contributed by atoms with Gasteiger partial charge >= 0.3 is 0 Å². The van der Waals surface area contributed by atoms with E-state index in [0.29, 0.717) is 12.4 Å². The minimum Gasteiger partial charge on any atom is -0.377 e. The summed E-state index contributed by atoms with van der Waals surface area (Å²) in [5.41, 5.74) is 1.17. The SMILES string of the molecule is CNc1cc(N(C)Cc2ccc(Cl)cc2)nc(COC)n1. The highest BCUT2D eigenvalue weighted by molar-refractivity contribution is 6.30. The molecule has 0 amide bonds. The Morgan fingerprint density at radius 1 is 1.24 bits per heavy atom. The number of nitrogens with one attached hydrogen (secondary N) is 1. The van der Waals surface area contributed by atoms with E-state index in [1.807, 2.05) is 44.4 Å². The molecule has 0 bridgehead atoms. The molecule has 0 saturated carbocycles. The molecule has 1 heterocycles. The number of anilines is 2. The molecule has 1 aromatic heterocycles. The Kier molecular flexibility index (Phi) is 5.36. The second-order valence-corrected chi connectivity index (χ2v) is 5.13.